The zero-order valence-electron chi connectivity index (χ0n) is 40.8. The fraction of sp³-hybridized carbons (Fsp3) is 0.327. The Kier molecular flexibility index (Phi) is 22.6. The fourth-order valence-electron chi connectivity index (χ4n) is 7.52. The first-order valence-corrected chi connectivity index (χ1v) is 28.2. The van der Waals surface area contributed by atoms with Crippen molar-refractivity contribution in [2.24, 2.45) is 15.2 Å². The van der Waals surface area contributed by atoms with Crippen molar-refractivity contribution in [2.75, 3.05) is 22.2 Å². The highest BCUT2D eigenvalue weighted by Gasteiger charge is 2.41. The second-order valence-corrected chi connectivity index (χ2v) is 21.5. The summed E-state index contributed by atoms with van der Waals surface area (Å²) in [6, 6.07) is 17.3. The van der Waals surface area contributed by atoms with E-state index in [2.05, 4.69) is 47.0 Å². The Morgan fingerprint density at radius 3 is 2.25 bits per heavy atom. The third-order valence-electron chi connectivity index (χ3n) is 11.3. The van der Waals surface area contributed by atoms with Crippen molar-refractivity contribution in [2.45, 2.75) is 106 Å². The molecule has 1 aliphatic heterocycles. The fourth-order valence-corrected chi connectivity index (χ4v) is 10.4. The SMILES string of the molecule is CCCCCCCCCCCCC(Oc1ccc(O)c(C)c1)C(=O)Nc1ccc(Cl)c(N=C2NN(c3c(Cl)cc(Cl)cc3Cl)C(=O)C2N=Nc2ccc(OC)c(NS(=O)Oc3cc(SOOF)cc(S(=O)(=O)F)c3)c2)c1. The molecule has 1 aliphatic rings. The van der Waals surface area contributed by atoms with Gasteiger partial charge in [0.05, 0.1) is 51.3 Å². The van der Waals surface area contributed by atoms with Crippen LogP contribution in [0.3, 0.4) is 0 Å². The maximum Gasteiger partial charge on any atom is 0.332 e. The zero-order valence-corrected chi connectivity index (χ0v) is 46.3. The van der Waals surface area contributed by atoms with Crippen LogP contribution in [-0.2, 0) is 40.5 Å². The van der Waals surface area contributed by atoms with E-state index in [9.17, 15) is 35.7 Å². The summed E-state index contributed by atoms with van der Waals surface area (Å²) < 4.78 is 86.2. The van der Waals surface area contributed by atoms with Gasteiger partial charge in [-0.2, -0.15) is 22.9 Å². The first-order chi connectivity index (χ1) is 36.4. The summed E-state index contributed by atoms with van der Waals surface area (Å²) in [4.78, 5) is 31.9. The number of unbranched alkanes of at least 4 members (excludes halogenated alkanes) is 9. The number of amidine groups is 1. The Labute approximate surface area is 464 Å². The standard InChI is InChI=1S/C49H51Cl4F2N7O11S3/c1-4-5-6-7-8-9-10-11-12-13-14-44(70-33-17-19-42(63)29(2)21-33)48(64)56-31-15-18-37(51)40(24-31)57-47-45(49(65)62(60-47)46-38(52)22-30(50)23-39(46)53)59-58-32-16-20-43(69-3)41(25-32)61-75(66)71-34-26-35(74-73-72-54)28-36(27-34)76(55,67)68/h15-28,44-45,61,63H,4-14H2,1-3H3,(H,56,64)(H,57,60). The molecule has 408 valence electrons. The molecule has 2 amide bonds. The highest BCUT2D eigenvalue weighted by Crippen LogP contribution is 2.39. The minimum atomic E-state index is -5.31. The van der Waals surface area contributed by atoms with Gasteiger partial charge in [-0.1, -0.05) is 111 Å². The van der Waals surface area contributed by atoms with Crippen molar-refractivity contribution in [1.29, 1.82) is 0 Å². The number of nitrogens with one attached hydrogen (secondary N) is 3. The number of phenols is 1. The number of hydrazine groups is 1. The molecule has 0 aromatic heterocycles. The minimum absolute atomic E-state index is 0.00806. The number of phenolic OH excluding ortho intramolecular Hbond substituents is 1. The number of aliphatic imine (C=N–C) groups is 1. The number of azo groups is 1. The molecule has 0 radical (unpaired) electrons. The summed E-state index contributed by atoms with van der Waals surface area (Å²) in [6.07, 6.45) is 10.6. The van der Waals surface area contributed by atoms with Crippen LogP contribution in [0.5, 0.6) is 23.0 Å². The molecular weight excluding hydrogens is 1140 g/mol. The van der Waals surface area contributed by atoms with Crippen LogP contribution in [0, 0.1) is 6.92 Å². The van der Waals surface area contributed by atoms with Gasteiger partial charge in [-0.15, -0.1) is 8.22 Å². The van der Waals surface area contributed by atoms with Crippen molar-refractivity contribution < 1.29 is 58.8 Å². The van der Waals surface area contributed by atoms with E-state index in [1.165, 1.54) is 94.2 Å². The van der Waals surface area contributed by atoms with Gasteiger partial charge in [-0.3, -0.25) is 19.7 Å². The average molecular weight is 1190 g/mol. The molecule has 5 aromatic carbocycles. The molecule has 3 atom stereocenters. The number of ether oxygens (including phenoxy) is 2. The molecule has 5 aromatic rings. The number of aryl methyl sites for hydroxylation is 1. The zero-order chi connectivity index (χ0) is 54.9. The largest absolute Gasteiger partial charge is 0.508 e. The number of carbonyl (C=O) groups is 2. The number of halogens is 6. The van der Waals surface area contributed by atoms with Crippen LogP contribution < -0.4 is 34.1 Å². The van der Waals surface area contributed by atoms with E-state index in [4.69, 9.17) is 60.1 Å². The summed E-state index contributed by atoms with van der Waals surface area (Å²) in [5, 5.41) is 25.9. The highest BCUT2D eigenvalue weighted by atomic mass is 35.5. The number of nitrogens with zero attached hydrogens (tertiary/aromatic N) is 4. The van der Waals surface area contributed by atoms with E-state index in [0.717, 1.165) is 48.9 Å². The lowest BCUT2D eigenvalue weighted by molar-refractivity contribution is -0.358. The molecule has 1 heterocycles. The lowest BCUT2D eigenvalue weighted by Gasteiger charge is -2.20. The molecular formula is C49H51Cl4F2N7O11S3. The van der Waals surface area contributed by atoms with E-state index in [0.29, 0.717) is 17.7 Å². The van der Waals surface area contributed by atoms with E-state index >= 15 is 0 Å². The van der Waals surface area contributed by atoms with Gasteiger partial charge in [0.2, 0.25) is 6.04 Å². The smallest absolute Gasteiger partial charge is 0.332 e. The number of benzene rings is 5. The van der Waals surface area contributed by atoms with Crippen LogP contribution >= 0.6 is 58.4 Å². The summed E-state index contributed by atoms with van der Waals surface area (Å²) >= 11 is 23.7. The Morgan fingerprint density at radius 2 is 1.59 bits per heavy atom. The number of anilines is 3. The van der Waals surface area contributed by atoms with Crippen LogP contribution in [0.25, 0.3) is 0 Å². The number of hydrogen-bond donors (Lipinski definition) is 4. The highest BCUT2D eigenvalue weighted by molar-refractivity contribution is 7.94. The Morgan fingerprint density at radius 1 is 0.895 bits per heavy atom. The van der Waals surface area contributed by atoms with E-state index < -0.39 is 56.1 Å². The van der Waals surface area contributed by atoms with Gasteiger partial charge < -0.3 is 24.1 Å². The molecule has 0 aliphatic carbocycles. The maximum absolute atomic E-state index is 14.3. The maximum atomic E-state index is 14.3. The second kappa shape index (κ2) is 28.8. The third kappa shape index (κ3) is 17.3. The second-order valence-electron chi connectivity index (χ2n) is 16.9. The van der Waals surface area contributed by atoms with Crippen molar-refractivity contribution in [1.82, 2.24) is 5.43 Å². The summed E-state index contributed by atoms with van der Waals surface area (Å²) in [5.41, 5.74) is 3.90. The number of rotatable bonds is 28. The summed E-state index contributed by atoms with van der Waals surface area (Å²) in [6.45, 7) is 3.93. The van der Waals surface area contributed by atoms with Crippen molar-refractivity contribution >= 4 is 126 Å². The number of methoxy groups -OCH3 is 1. The number of amides is 2. The van der Waals surface area contributed by atoms with Gasteiger partial charge >= 0.3 is 21.5 Å². The van der Waals surface area contributed by atoms with Gasteiger partial charge in [-0.05, 0) is 114 Å². The molecule has 1 fully saturated rings. The van der Waals surface area contributed by atoms with Gasteiger partial charge in [0, 0.05) is 21.7 Å². The number of carbonyl (C=O) groups excluding carboxylic acids is 2. The predicted molar refractivity (Wildman–Crippen MR) is 291 cm³/mol. The van der Waals surface area contributed by atoms with E-state index in [1.807, 2.05) is 0 Å². The molecule has 0 bridgehead atoms. The average Bonchev–Trinajstić information content (AvgIpc) is 3.66. The van der Waals surface area contributed by atoms with Crippen molar-refractivity contribution in [3.05, 3.63) is 111 Å². The predicted octanol–water partition coefficient (Wildman–Crippen LogP) is 14.3. The molecule has 6 rings (SSSR count). The first kappa shape index (κ1) is 59.7. The van der Waals surface area contributed by atoms with Crippen LogP contribution in [0.15, 0.2) is 110 Å². The number of aromatic hydroxyl groups is 1. The summed E-state index contributed by atoms with van der Waals surface area (Å²) in [5.74, 6) is -1.17. The van der Waals surface area contributed by atoms with E-state index in [-0.39, 0.29) is 82.8 Å². The van der Waals surface area contributed by atoms with Gasteiger partial charge in [0.1, 0.15) is 33.6 Å². The van der Waals surface area contributed by atoms with Crippen LogP contribution in [0.2, 0.25) is 20.1 Å². The van der Waals surface area contributed by atoms with Gasteiger partial charge in [0.15, 0.2) is 11.9 Å². The normalized spacial score (nSPS) is 15.0. The topological polar surface area (TPSA) is 228 Å². The van der Waals surface area contributed by atoms with Crippen LogP contribution in [0.4, 0.5) is 36.8 Å². The third-order valence-corrected chi connectivity index (χ3v) is 14.5. The molecule has 4 N–H and O–H groups in total. The van der Waals surface area contributed by atoms with Crippen molar-refractivity contribution in [3.63, 3.8) is 0 Å². The number of hydrogen-bond acceptors (Lipinski definition) is 15. The monoisotopic (exact) mass is 1190 g/mol. The quantitative estimate of drug-likeness (QED) is 0.00913. The first-order valence-electron chi connectivity index (χ1n) is 23.4. The molecule has 0 saturated carbocycles. The Bertz CT molecular complexity index is 3050. The van der Waals surface area contributed by atoms with Crippen molar-refractivity contribution in [3.8, 4) is 23.0 Å². The lowest BCUT2D eigenvalue weighted by atomic mass is 10.0. The molecule has 76 heavy (non-hydrogen) atoms. The van der Waals surface area contributed by atoms with E-state index in [1.54, 1.807) is 25.1 Å². The molecule has 0 spiro atoms. The molecule has 3 unspecified atom stereocenters. The summed E-state index contributed by atoms with van der Waals surface area (Å²) in [7, 11) is -4.01. The van der Waals surface area contributed by atoms with Crippen LogP contribution in [-0.4, -0.2) is 54.6 Å². The Balaban J connectivity index is 1.25. The van der Waals surface area contributed by atoms with Crippen LogP contribution in [0.1, 0.15) is 83.1 Å². The van der Waals surface area contributed by atoms with Gasteiger partial charge in [-0.25, -0.2) is 10.0 Å². The lowest BCUT2D eigenvalue weighted by Crippen LogP contribution is -2.36. The molecule has 1 saturated heterocycles. The molecule has 18 nitrogen and oxygen atoms in total. The minimum Gasteiger partial charge on any atom is -0.508 e. The molecule has 27 heteroatoms. The Hall–Kier alpha value is -5.50. The van der Waals surface area contributed by atoms with Gasteiger partial charge in [0.25, 0.3) is 11.8 Å².